The van der Waals surface area contributed by atoms with E-state index in [2.05, 4.69) is 12.2 Å². The Bertz CT molecular complexity index is 188. The maximum absolute atomic E-state index is 8.11. The predicted octanol–water partition coefficient (Wildman–Crippen LogP) is 0.721. The Labute approximate surface area is 57.7 Å². The molecule has 1 aliphatic heterocycles. The van der Waals surface area contributed by atoms with E-state index < -0.39 is 0 Å². The lowest BCUT2D eigenvalue weighted by atomic mass is 10.2. The highest BCUT2D eigenvalue weighted by atomic mass is 16.6. The fourth-order valence-corrected chi connectivity index (χ4v) is 0.793. The molecule has 0 aromatic carbocycles. The summed E-state index contributed by atoms with van der Waals surface area (Å²) in [6, 6.07) is 0. The molecular formula is C6H6N2O2. The van der Waals surface area contributed by atoms with Gasteiger partial charge < -0.3 is 4.74 Å². The van der Waals surface area contributed by atoms with Gasteiger partial charge in [0.2, 0.25) is 0 Å². The molecule has 1 fully saturated rings. The summed E-state index contributed by atoms with van der Waals surface area (Å²) in [5.74, 6) is 0. The molecule has 0 saturated carbocycles. The van der Waals surface area contributed by atoms with Gasteiger partial charge in [-0.05, 0) is 0 Å². The third kappa shape index (κ3) is 1.62. The number of epoxide rings is 1. The number of nitrogens with zero attached hydrogens (tertiary/aromatic N) is 2. The van der Waals surface area contributed by atoms with Crippen molar-refractivity contribution in [3.8, 4) is 0 Å². The van der Waals surface area contributed by atoms with Crippen LogP contribution in [0.5, 0.6) is 0 Å². The summed E-state index contributed by atoms with van der Waals surface area (Å²) < 4.78 is 5.10. The molecule has 0 aromatic heterocycles. The zero-order valence-corrected chi connectivity index (χ0v) is 5.18. The van der Waals surface area contributed by atoms with Gasteiger partial charge in [-0.3, -0.25) is 5.53 Å². The molecule has 0 bridgehead atoms. The average molecular weight is 138 g/mol. The Kier molecular flexibility index (Phi) is 2.10. The van der Waals surface area contributed by atoms with Crippen molar-refractivity contribution in [1.82, 2.24) is 4.97 Å². The number of allylic oxidation sites excluding steroid dienone is 2. The van der Waals surface area contributed by atoms with E-state index in [0.717, 1.165) is 0 Å². The van der Waals surface area contributed by atoms with E-state index >= 15 is 0 Å². The van der Waals surface area contributed by atoms with Crippen LogP contribution in [0.4, 0.5) is 0 Å². The second kappa shape index (κ2) is 3.06. The van der Waals surface area contributed by atoms with Crippen molar-refractivity contribution in [3.63, 3.8) is 0 Å². The topological polar surface area (TPSA) is 66.0 Å². The lowest BCUT2D eigenvalue weighted by molar-refractivity contribution is 0.414. The van der Waals surface area contributed by atoms with Crippen molar-refractivity contribution in [3.05, 3.63) is 34.7 Å². The minimum atomic E-state index is 0.435. The molecule has 2 aliphatic rings. The number of nitroso groups, excluding NO2 is 1. The minimum Gasteiger partial charge on any atom is -0.361 e. The fourth-order valence-electron chi connectivity index (χ4n) is 0.793. The van der Waals surface area contributed by atoms with Crippen molar-refractivity contribution in [2.24, 2.45) is 0 Å². The molecule has 1 heterocycles. The maximum Gasteiger partial charge on any atom is 0.151 e. The van der Waals surface area contributed by atoms with Crippen LogP contribution >= 0.6 is 0 Å². The lowest BCUT2D eigenvalue weighted by Gasteiger charge is -1.81. The van der Waals surface area contributed by atoms with Crippen LogP contribution < -0.4 is 4.97 Å². The zero-order valence-electron chi connectivity index (χ0n) is 5.18. The van der Waals surface area contributed by atoms with Crippen LogP contribution in [0.2, 0.25) is 0 Å². The van der Waals surface area contributed by atoms with Gasteiger partial charge in [-0.25, -0.2) is 0 Å². The Morgan fingerprint density at radius 1 is 1.30 bits per heavy atom. The van der Waals surface area contributed by atoms with E-state index in [1.807, 2.05) is 12.2 Å². The van der Waals surface area contributed by atoms with Gasteiger partial charge >= 0.3 is 0 Å². The first-order valence-electron chi connectivity index (χ1n) is 2.85. The molecular weight excluding hydrogens is 132 g/mol. The van der Waals surface area contributed by atoms with Crippen LogP contribution in [-0.2, 0) is 4.74 Å². The molecule has 52 valence electrons. The molecule has 0 N–H and O–H groups in total. The highest BCUT2D eigenvalue weighted by Gasteiger charge is 2.34. The first-order chi connectivity index (χ1) is 4.88. The Morgan fingerprint density at radius 3 is 2.00 bits per heavy atom. The van der Waals surface area contributed by atoms with Crippen LogP contribution in [0.1, 0.15) is 0 Å². The summed E-state index contributed by atoms with van der Waals surface area (Å²) in [5.41, 5.74) is 6.64. The summed E-state index contributed by atoms with van der Waals surface area (Å²) in [6.45, 7) is 0. The normalized spacial score (nSPS) is 31.2. The summed E-state index contributed by atoms with van der Waals surface area (Å²) in [4.78, 5) is 9.36. The Morgan fingerprint density at radius 2 is 1.70 bits per heavy atom. The van der Waals surface area contributed by atoms with Crippen LogP contribution in [0.25, 0.3) is 5.53 Å². The molecule has 2 unspecified atom stereocenters. The molecule has 2 atom stereocenters. The number of rotatable bonds is 0. The van der Waals surface area contributed by atoms with Crippen molar-refractivity contribution < 1.29 is 4.74 Å². The van der Waals surface area contributed by atoms with Crippen molar-refractivity contribution in [2.45, 2.75) is 12.2 Å². The lowest BCUT2D eigenvalue weighted by Crippen LogP contribution is -1.86. The van der Waals surface area contributed by atoms with Gasteiger partial charge in [0.05, 0.1) is 0 Å². The first kappa shape index (κ1) is 6.86. The average Bonchev–Trinajstić information content (AvgIpc) is 2.66. The Balaban J connectivity index is 0.000000148. The molecule has 0 radical (unpaired) electrons. The van der Waals surface area contributed by atoms with Crippen molar-refractivity contribution in [2.75, 3.05) is 0 Å². The van der Waals surface area contributed by atoms with E-state index in [-0.39, 0.29) is 0 Å². The van der Waals surface area contributed by atoms with Crippen LogP contribution in [0.15, 0.2) is 24.3 Å². The van der Waals surface area contributed by atoms with Crippen LogP contribution in [0, 0.1) is 4.91 Å². The molecule has 0 spiro atoms. The highest BCUT2D eigenvalue weighted by Crippen LogP contribution is 2.26. The minimum absolute atomic E-state index is 0.435. The summed E-state index contributed by atoms with van der Waals surface area (Å²) >= 11 is 0. The Hall–Kier alpha value is -1.25. The number of hydrogen-bond acceptors (Lipinski definition) is 2. The van der Waals surface area contributed by atoms with E-state index in [9.17, 15) is 0 Å². The quantitative estimate of drug-likeness (QED) is 0.281. The molecule has 0 amide bonds. The van der Waals surface area contributed by atoms with E-state index in [4.69, 9.17) is 15.2 Å². The summed E-state index contributed by atoms with van der Waals surface area (Å²) in [7, 11) is 0. The zero-order chi connectivity index (χ0) is 7.40. The van der Waals surface area contributed by atoms with Gasteiger partial charge in [0.25, 0.3) is 0 Å². The summed E-state index contributed by atoms with van der Waals surface area (Å²) in [5, 5.41) is 0. The molecule has 2 rings (SSSR count). The van der Waals surface area contributed by atoms with Crippen molar-refractivity contribution in [1.29, 1.82) is 0 Å². The second-order valence-electron chi connectivity index (χ2n) is 1.92. The molecule has 1 aliphatic carbocycles. The maximum atomic E-state index is 8.11. The third-order valence-electron chi connectivity index (χ3n) is 1.27. The standard InChI is InChI=1S/C6H6O.N2O/c1-2-4-6-5(3-1)7-6;1-2-3/h1-6H;. The van der Waals surface area contributed by atoms with Gasteiger partial charge in [0.15, 0.2) is 4.91 Å². The molecule has 10 heavy (non-hydrogen) atoms. The second-order valence-corrected chi connectivity index (χ2v) is 1.92. The SMILES string of the molecule is C1=CC2OC2C=C1.[N-]=[N+]=O. The largest absolute Gasteiger partial charge is 0.361 e. The molecule has 1 saturated heterocycles. The predicted molar refractivity (Wildman–Crippen MR) is 35.8 cm³/mol. The van der Waals surface area contributed by atoms with E-state index in [1.165, 1.54) is 4.97 Å². The summed E-state index contributed by atoms with van der Waals surface area (Å²) in [6.07, 6.45) is 9.06. The number of fused-ring (bicyclic) bond motifs is 1. The smallest absolute Gasteiger partial charge is 0.151 e. The fraction of sp³-hybridized carbons (Fsp3) is 0.333. The van der Waals surface area contributed by atoms with Crippen molar-refractivity contribution >= 4 is 0 Å². The van der Waals surface area contributed by atoms with Gasteiger partial charge in [0.1, 0.15) is 17.2 Å². The van der Waals surface area contributed by atoms with E-state index in [1.54, 1.807) is 0 Å². The molecule has 4 nitrogen and oxygen atoms in total. The van der Waals surface area contributed by atoms with Gasteiger partial charge in [0, 0.05) is 0 Å². The van der Waals surface area contributed by atoms with Crippen LogP contribution in [-0.4, -0.2) is 12.2 Å². The van der Waals surface area contributed by atoms with Crippen LogP contribution in [0.3, 0.4) is 0 Å². The van der Waals surface area contributed by atoms with Gasteiger partial charge in [-0.15, -0.1) is 0 Å². The molecule has 4 heteroatoms. The van der Waals surface area contributed by atoms with Gasteiger partial charge in [-0.1, -0.05) is 24.3 Å². The number of ether oxygens (including phenoxy) is 1. The van der Waals surface area contributed by atoms with Gasteiger partial charge in [-0.2, -0.15) is 0 Å². The molecule has 0 aromatic rings. The first-order valence-corrected chi connectivity index (χ1v) is 2.85. The third-order valence-corrected chi connectivity index (χ3v) is 1.27. The highest BCUT2D eigenvalue weighted by molar-refractivity contribution is 5.22. The monoisotopic (exact) mass is 138 g/mol. The number of hydrogen-bond donors (Lipinski definition) is 0. The van der Waals surface area contributed by atoms with E-state index in [0.29, 0.717) is 12.2 Å².